The molecule has 0 aliphatic carbocycles. The summed E-state index contributed by atoms with van der Waals surface area (Å²) >= 11 is 5.94. The number of urea groups is 1. The van der Waals surface area contributed by atoms with Crippen LogP contribution in [0.5, 0.6) is 0 Å². The topological polar surface area (TPSA) is 66.0 Å². The molecule has 3 N–H and O–H groups in total. The molecule has 1 aromatic heterocycles. The Balaban J connectivity index is 2.05. The molecule has 6 heteroatoms. The Labute approximate surface area is 128 Å². The van der Waals surface area contributed by atoms with E-state index in [0.717, 1.165) is 5.56 Å². The number of hydrogen-bond donors (Lipinski definition) is 3. The molecule has 0 saturated carbocycles. The van der Waals surface area contributed by atoms with Crippen molar-refractivity contribution < 1.29 is 4.79 Å². The summed E-state index contributed by atoms with van der Waals surface area (Å²) in [6, 6.07) is 10.8. The molecule has 1 atom stereocenters. The van der Waals surface area contributed by atoms with Crippen molar-refractivity contribution in [1.82, 2.24) is 10.3 Å². The van der Waals surface area contributed by atoms with Crippen molar-refractivity contribution in [2.24, 2.45) is 0 Å². The Morgan fingerprint density at radius 3 is 2.76 bits per heavy atom. The highest BCUT2D eigenvalue weighted by molar-refractivity contribution is 6.33. The molecule has 0 saturated heterocycles. The maximum atomic E-state index is 11.9. The molecule has 1 heterocycles. The van der Waals surface area contributed by atoms with Crippen LogP contribution in [0, 0.1) is 0 Å². The molecule has 2 rings (SSSR count). The Morgan fingerprint density at radius 1 is 1.24 bits per heavy atom. The normalized spacial score (nSPS) is 11.8. The maximum absolute atomic E-state index is 11.9. The molecule has 110 valence electrons. The predicted molar refractivity (Wildman–Crippen MR) is 85.8 cm³/mol. The molecule has 5 nitrogen and oxygen atoms in total. The number of aromatic nitrogens is 1. The summed E-state index contributed by atoms with van der Waals surface area (Å²) in [5.74, 6) is 0.330. The van der Waals surface area contributed by atoms with Crippen LogP contribution in [0.3, 0.4) is 0 Å². The van der Waals surface area contributed by atoms with Crippen LogP contribution in [0.15, 0.2) is 42.6 Å². The standard InChI is InChI=1S/C15H17ClN4O/c1-10(17-2)11-5-3-6-12(9-11)19-15(21)20-14-13(16)7-4-8-18-14/h3-10,17H,1-2H3,(H2,18,19,20,21). The van der Waals surface area contributed by atoms with Crippen LogP contribution < -0.4 is 16.0 Å². The lowest BCUT2D eigenvalue weighted by atomic mass is 10.1. The van der Waals surface area contributed by atoms with E-state index in [1.165, 1.54) is 0 Å². The number of anilines is 2. The molecule has 0 radical (unpaired) electrons. The number of amides is 2. The Kier molecular flexibility index (Phi) is 5.14. The van der Waals surface area contributed by atoms with Crippen molar-refractivity contribution in [3.8, 4) is 0 Å². The maximum Gasteiger partial charge on any atom is 0.324 e. The van der Waals surface area contributed by atoms with Crippen molar-refractivity contribution in [2.45, 2.75) is 13.0 Å². The van der Waals surface area contributed by atoms with Gasteiger partial charge in [-0.05, 0) is 43.8 Å². The van der Waals surface area contributed by atoms with E-state index in [2.05, 4.69) is 20.9 Å². The van der Waals surface area contributed by atoms with Gasteiger partial charge in [0.2, 0.25) is 0 Å². The zero-order valence-corrected chi connectivity index (χ0v) is 12.6. The quantitative estimate of drug-likeness (QED) is 0.807. The third-order valence-corrected chi connectivity index (χ3v) is 3.37. The lowest BCUT2D eigenvalue weighted by Crippen LogP contribution is -2.20. The lowest BCUT2D eigenvalue weighted by molar-refractivity contribution is 0.262. The molecule has 0 bridgehead atoms. The number of hydrogen-bond acceptors (Lipinski definition) is 3. The first-order chi connectivity index (χ1) is 10.1. The lowest BCUT2D eigenvalue weighted by Gasteiger charge is -2.13. The van der Waals surface area contributed by atoms with Crippen LogP contribution >= 0.6 is 11.6 Å². The summed E-state index contributed by atoms with van der Waals surface area (Å²) < 4.78 is 0. The van der Waals surface area contributed by atoms with Gasteiger partial charge in [0.15, 0.2) is 5.82 Å². The Hall–Kier alpha value is -2.11. The Bertz CT molecular complexity index is 633. The number of nitrogens with zero attached hydrogens (tertiary/aromatic N) is 1. The molecular weight excluding hydrogens is 288 g/mol. The van der Waals surface area contributed by atoms with Gasteiger partial charge in [-0.1, -0.05) is 23.7 Å². The molecule has 2 amide bonds. The molecular formula is C15H17ClN4O. The van der Waals surface area contributed by atoms with Crippen LogP contribution in [0.2, 0.25) is 5.02 Å². The van der Waals surface area contributed by atoms with E-state index >= 15 is 0 Å². The minimum atomic E-state index is -0.384. The average molecular weight is 305 g/mol. The van der Waals surface area contributed by atoms with Gasteiger partial charge in [-0.15, -0.1) is 0 Å². The highest BCUT2D eigenvalue weighted by atomic mass is 35.5. The van der Waals surface area contributed by atoms with Gasteiger partial charge in [0.05, 0.1) is 5.02 Å². The minimum absolute atomic E-state index is 0.208. The fourth-order valence-electron chi connectivity index (χ4n) is 1.80. The van der Waals surface area contributed by atoms with E-state index in [4.69, 9.17) is 11.6 Å². The van der Waals surface area contributed by atoms with Crippen molar-refractivity contribution >= 4 is 29.1 Å². The monoisotopic (exact) mass is 304 g/mol. The molecule has 0 fully saturated rings. The second kappa shape index (κ2) is 7.06. The zero-order valence-electron chi connectivity index (χ0n) is 11.9. The molecule has 0 spiro atoms. The number of benzene rings is 1. The third-order valence-electron chi connectivity index (χ3n) is 3.07. The first-order valence-electron chi connectivity index (χ1n) is 6.56. The van der Waals surface area contributed by atoms with E-state index in [-0.39, 0.29) is 12.1 Å². The van der Waals surface area contributed by atoms with E-state index in [1.54, 1.807) is 18.3 Å². The van der Waals surface area contributed by atoms with Crippen LogP contribution in [0.1, 0.15) is 18.5 Å². The van der Waals surface area contributed by atoms with Gasteiger partial charge < -0.3 is 10.6 Å². The second-order valence-corrected chi connectivity index (χ2v) is 4.96. The third kappa shape index (κ3) is 4.18. The summed E-state index contributed by atoms with van der Waals surface area (Å²) in [7, 11) is 1.89. The largest absolute Gasteiger partial charge is 0.324 e. The molecule has 2 aromatic rings. The average Bonchev–Trinajstić information content (AvgIpc) is 2.49. The van der Waals surface area contributed by atoms with Crippen molar-refractivity contribution in [3.05, 3.63) is 53.2 Å². The smallest absolute Gasteiger partial charge is 0.313 e. The number of carbonyl (C=O) groups excluding carboxylic acids is 1. The summed E-state index contributed by atoms with van der Waals surface area (Å²) in [4.78, 5) is 16.0. The minimum Gasteiger partial charge on any atom is -0.313 e. The molecule has 0 aliphatic heterocycles. The molecule has 21 heavy (non-hydrogen) atoms. The van der Waals surface area contributed by atoms with E-state index in [9.17, 15) is 4.79 Å². The first kappa shape index (κ1) is 15.3. The Morgan fingerprint density at radius 2 is 2.05 bits per heavy atom. The van der Waals surface area contributed by atoms with Crippen LogP contribution in [0.4, 0.5) is 16.3 Å². The van der Waals surface area contributed by atoms with Crippen LogP contribution in [-0.2, 0) is 0 Å². The fourth-order valence-corrected chi connectivity index (χ4v) is 1.97. The van der Waals surface area contributed by atoms with E-state index in [1.807, 2.05) is 38.2 Å². The van der Waals surface area contributed by atoms with Crippen LogP contribution in [-0.4, -0.2) is 18.1 Å². The van der Waals surface area contributed by atoms with Gasteiger partial charge in [-0.2, -0.15) is 0 Å². The number of nitrogens with one attached hydrogen (secondary N) is 3. The molecule has 1 unspecified atom stereocenters. The van der Waals surface area contributed by atoms with Crippen LogP contribution in [0.25, 0.3) is 0 Å². The fraction of sp³-hybridized carbons (Fsp3) is 0.200. The number of halogens is 1. The number of carbonyl (C=O) groups is 1. The van der Waals surface area contributed by atoms with Gasteiger partial charge in [0.1, 0.15) is 0 Å². The summed E-state index contributed by atoms with van der Waals surface area (Å²) in [5.41, 5.74) is 1.80. The van der Waals surface area contributed by atoms with Gasteiger partial charge in [0, 0.05) is 17.9 Å². The van der Waals surface area contributed by atoms with Gasteiger partial charge in [-0.25, -0.2) is 9.78 Å². The summed E-state index contributed by atoms with van der Waals surface area (Å²) in [6.07, 6.45) is 1.57. The van der Waals surface area contributed by atoms with Gasteiger partial charge >= 0.3 is 6.03 Å². The van der Waals surface area contributed by atoms with Gasteiger partial charge in [0.25, 0.3) is 0 Å². The SMILES string of the molecule is CNC(C)c1cccc(NC(=O)Nc2ncccc2Cl)c1. The number of rotatable bonds is 4. The molecule has 1 aromatic carbocycles. The molecule has 0 aliphatic rings. The van der Waals surface area contributed by atoms with E-state index in [0.29, 0.717) is 16.5 Å². The van der Waals surface area contributed by atoms with Crippen molar-refractivity contribution in [3.63, 3.8) is 0 Å². The summed E-state index contributed by atoms with van der Waals surface area (Å²) in [6.45, 7) is 2.05. The first-order valence-corrected chi connectivity index (χ1v) is 6.93. The van der Waals surface area contributed by atoms with Crippen molar-refractivity contribution in [1.29, 1.82) is 0 Å². The predicted octanol–water partition coefficient (Wildman–Crippen LogP) is 3.66. The highest BCUT2D eigenvalue weighted by Crippen LogP contribution is 2.19. The summed E-state index contributed by atoms with van der Waals surface area (Å²) in [5, 5.41) is 8.92. The second-order valence-electron chi connectivity index (χ2n) is 4.55. The number of pyridine rings is 1. The van der Waals surface area contributed by atoms with Crippen molar-refractivity contribution in [2.75, 3.05) is 17.7 Å². The van der Waals surface area contributed by atoms with E-state index < -0.39 is 0 Å². The van der Waals surface area contributed by atoms with Gasteiger partial charge in [-0.3, -0.25) is 5.32 Å². The zero-order chi connectivity index (χ0) is 15.2. The highest BCUT2D eigenvalue weighted by Gasteiger charge is 2.08.